The molecular weight excluding hydrogens is 929 g/mol. The fraction of sp³-hybridized carbons (Fsp3) is 0.542. The molecule has 9 rings (SSSR count). The molecule has 3 aliphatic heterocycles. The Hall–Kier alpha value is -5.31. The van der Waals surface area contributed by atoms with E-state index in [1.165, 1.54) is 31.9 Å². The molecule has 1 aromatic carbocycles. The minimum absolute atomic E-state index is 0.0315. The van der Waals surface area contributed by atoms with Crippen molar-refractivity contribution in [2.45, 2.75) is 138 Å². The van der Waals surface area contributed by atoms with Gasteiger partial charge in [0.25, 0.3) is 0 Å². The lowest BCUT2D eigenvalue weighted by Crippen LogP contribution is -2.58. The molecule has 3 fully saturated rings. The molecule has 5 aliphatic rings. The molecule has 2 saturated carbocycles. The fourth-order valence-electron chi connectivity index (χ4n) is 10.2. The number of methoxy groups -OCH3 is 1. The summed E-state index contributed by atoms with van der Waals surface area (Å²) in [5, 5.41) is 27.8. The smallest absolute Gasteiger partial charge is 0.330 e. The fourth-order valence-corrected chi connectivity index (χ4v) is 14.0. The second-order valence-corrected chi connectivity index (χ2v) is 22.8. The number of aliphatic carboxylic acids is 1. The minimum Gasteiger partial charge on any atom is -0.497 e. The summed E-state index contributed by atoms with van der Waals surface area (Å²) >= 11 is 2.86. The Morgan fingerprint density at radius 2 is 1.81 bits per heavy atom. The molecule has 3 aromatic heterocycles. The van der Waals surface area contributed by atoms with Crippen molar-refractivity contribution in [2.75, 3.05) is 25.5 Å². The maximum atomic E-state index is 15.1. The number of carboxylic acids is 1. The van der Waals surface area contributed by atoms with E-state index in [4.69, 9.17) is 19.4 Å². The number of allylic oxidation sites excluding steroid dienone is 1. The number of thiophene rings is 1. The largest absolute Gasteiger partial charge is 0.497 e. The van der Waals surface area contributed by atoms with E-state index in [1.54, 1.807) is 36.8 Å². The molecule has 1 saturated heterocycles. The zero-order chi connectivity index (χ0) is 47.7. The van der Waals surface area contributed by atoms with Crippen LogP contribution in [0.2, 0.25) is 0 Å². The molecule has 6 heterocycles. The molecule has 0 radical (unpaired) electrons. The lowest BCUT2D eigenvalue weighted by molar-refractivity contribution is -0.145. The standard InChI is InChI=1S/C48H60N8O9S3/c1-28(2)49-47-53-38(27-67-47)36-22-40(33-17-16-31(64-3)20-35(33)50-36)65-32-21-39-43(57)54-48(45(59)60)23-30(48)14-10-5-4-6-11-15-34(44(58)56(39)24-32)51-46(61)52-37(29-12-8-7-9-13-29)25-55-26-41-42(18-19-66-41)68(55,62)63/h10,14,16-20,22,27-30,32,34,37,39H,4-9,11-13,15,21,23-26H2,1-3H3,(H,49,53)(H,54,57)(H,59,60)(H2,51,52,61)/b14-10-/t30?,32-,34-,37-,39+,48-/m1/s1. The van der Waals surface area contributed by atoms with E-state index in [-0.39, 0.29) is 50.9 Å². The van der Waals surface area contributed by atoms with Crippen molar-refractivity contribution < 1.29 is 42.2 Å². The summed E-state index contributed by atoms with van der Waals surface area (Å²) in [5.74, 6) is -1.57. The number of carboxylic acid groups (broad SMARTS) is 1. The van der Waals surface area contributed by atoms with Gasteiger partial charge in [-0.05, 0) is 81.9 Å². The predicted molar refractivity (Wildman–Crippen MR) is 259 cm³/mol. The Bertz CT molecular complexity index is 2680. The van der Waals surface area contributed by atoms with Crippen LogP contribution < -0.4 is 30.7 Å². The highest BCUT2D eigenvalue weighted by molar-refractivity contribution is 7.89. The average Bonchev–Trinajstić information content (AvgIpc) is 3.79. The number of carbonyl (C=O) groups is 4. The van der Waals surface area contributed by atoms with Crippen molar-refractivity contribution in [1.29, 1.82) is 0 Å². The monoisotopic (exact) mass is 988 g/mol. The molecule has 0 bridgehead atoms. The van der Waals surface area contributed by atoms with Crippen LogP contribution in [0.4, 0.5) is 9.93 Å². The number of amides is 4. The van der Waals surface area contributed by atoms with Gasteiger partial charge in [-0.3, -0.25) is 9.59 Å². The summed E-state index contributed by atoms with van der Waals surface area (Å²) < 4.78 is 40.9. The van der Waals surface area contributed by atoms with Gasteiger partial charge in [0.05, 0.1) is 29.8 Å². The third kappa shape index (κ3) is 10.0. The Labute approximate surface area is 404 Å². The number of sulfonamides is 1. The lowest BCUT2D eigenvalue weighted by Gasteiger charge is -2.34. The highest BCUT2D eigenvalue weighted by Crippen LogP contribution is 2.46. The molecule has 17 nitrogen and oxygen atoms in total. The number of hydrogen-bond acceptors (Lipinski definition) is 13. The molecule has 4 amide bonds. The van der Waals surface area contributed by atoms with Crippen molar-refractivity contribution in [2.24, 2.45) is 11.8 Å². The van der Waals surface area contributed by atoms with Gasteiger partial charge in [0.1, 0.15) is 40.9 Å². The average molecular weight is 989 g/mol. The molecule has 6 atom stereocenters. The first kappa shape index (κ1) is 47.7. The highest BCUT2D eigenvalue weighted by atomic mass is 32.2. The predicted octanol–water partition coefficient (Wildman–Crippen LogP) is 6.90. The first-order valence-electron chi connectivity index (χ1n) is 23.8. The van der Waals surface area contributed by atoms with Gasteiger partial charge >= 0.3 is 12.0 Å². The number of rotatable bonds is 12. The summed E-state index contributed by atoms with van der Waals surface area (Å²) in [5.41, 5.74) is 0.255. The van der Waals surface area contributed by atoms with E-state index < -0.39 is 69.5 Å². The minimum atomic E-state index is -3.72. The van der Waals surface area contributed by atoms with Crippen LogP contribution in [-0.2, 0) is 31.0 Å². The van der Waals surface area contributed by atoms with E-state index >= 15 is 4.79 Å². The summed E-state index contributed by atoms with van der Waals surface area (Å²) in [4.78, 5) is 68.9. The summed E-state index contributed by atoms with van der Waals surface area (Å²) in [6, 6.07) is 5.76. The molecule has 20 heteroatoms. The Morgan fingerprint density at radius 3 is 2.57 bits per heavy atom. The van der Waals surface area contributed by atoms with Crippen molar-refractivity contribution in [3.63, 3.8) is 0 Å². The first-order valence-corrected chi connectivity index (χ1v) is 27.0. The number of pyridine rings is 1. The highest BCUT2D eigenvalue weighted by Gasteiger charge is 2.61. The molecule has 2 aliphatic carbocycles. The topological polar surface area (TPSA) is 221 Å². The van der Waals surface area contributed by atoms with Gasteiger partial charge in [0.15, 0.2) is 5.13 Å². The summed E-state index contributed by atoms with van der Waals surface area (Å²) in [7, 11) is -2.15. The number of aromatic nitrogens is 2. The van der Waals surface area contributed by atoms with Crippen molar-refractivity contribution in [3.8, 4) is 22.9 Å². The number of benzene rings is 1. The first-order chi connectivity index (χ1) is 32.7. The SMILES string of the molecule is COc1ccc2c(O[C@@H]3C[C@H]4C(=O)N[C@]5(C(=O)O)CC5/C=C\CCCCC[C@@H](NC(=O)N[C@H](CN5Cc6sccc6S5(=O)=O)C5CCCCC5)C(=O)N4C3)cc(-c3csc(NC(C)C)n3)nc2c1. The maximum absolute atomic E-state index is 15.1. The summed E-state index contributed by atoms with van der Waals surface area (Å²) in [6.45, 7) is 4.38. The second-order valence-electron chi connectivity index (χ2n) is 19.0. The third-order valence-electron chi connectivity index (χ3n) is 14.0. The quantitative estimate of drug-likeness (QED) is 0.0916. The van der Waals surface area contributed by atoms with Gasteiger partial charge in [0.2, 0.25) is 21.8 Å². The van der Waals surface area contributed by atoms with Crippen LogP contribution in [0, 0.1) is 11.8 Å². The van der Waals surface area contributed by atoms with Gasteiger partial charge in [-0.2, -0.15) is 4.31 Å². The zero-order valence-electron chi connectivity index (χ0n) is 38.6. The van der Waals surface area contributed by atoms with Crippen LogP contribution in [0.5, 0.6) is 11.5 Å². The van der Waals surface area contributed by atoms with Crippen molar-refractivity contribution >= 4 is 72.5 Å². The number of anilines is 1. The number of urea groups is 1. The number of fused-ring (bicyclic) bond motifs is 4. The van der Waals surface area contributed by atoms with Crippen LogP contribution in [0.3, 0.4) is 0 Å². The van der Waals surface area contributed by atoms with E-state index in [2.05, 4.69) is 21.3 Å². The van der Waals surface area contributed by atoms with E-state index in [1.807, 2.05) is 37.4 Å². The van der Waals surface area contributed by atoms with E-state index in [9.17, 15) is 27.9 Å². The molecule has 1 unspecified atom stereocenters. The van der Waals surface area contributed by atoms with Gasteiger partial charge in [-0.25, -0.2) is 28.0 Å². The zero-order valence-corrected chi connectivity index (χ0v) is 41.0. The second kappa shape index (κ2) is 20.0. The van der Waals surface area contributed by atoms with Crippen molar-refractivity contribution in [3.05, 3.63) is 58.1 Å². The molecule has 364 valence electrons. The molecule has 4 aromatic rings. The van der Waals surface area contributed by atoms with E-state index in [0.717, 1.165) is 55.0 Å². The lowest BCUT2D eigenvalue weighted by atomic mass is 9.84. The normalized spacial score (nSPS) is 26.4. The van der Waals surface area contributed by atoms with Gasteiger partial charge in [0, 0.05) is 65.3 Å². The molecular formula is C48H60N8O9S3. The van der Waals surface area contributed by atoms with Crippen LogP contribution in [-0.4, -0.2) is 113 Å². The Morgan fingerprint density at radius 1 is 1.01 bits per heavy atom. The molecule has 68 heavy (non-hydrogen) atoms. The Kier molecular flexibility index (Phi) is 14.0. The van der Waals surface area contributed by atoms with Crippen molar-refractivity contribution in [1.82, 2.24) is 35.1 Å². The van der Waals surface area contributed by atoms with Crippen LogP contribution in [0.1, 0.15) is 95.8 Å². The molecule has 0 spiro atoms. The van der Waals surface area contributed by atoms with Gasteiger partial charge in [-0.15, -0.1) is 22.7 Å². The van der Waals surface area contributed by atoms with Crippen LogP contribution in [0.25, 0.3) is 22.3 Å². The number of nitrogens with one attached hydrogen (secondary N) is 4. The van der Waals surface area contributed by atoms with Crippen LogP contribution >= 0.6 is 22.7 Å². The number of carbonyl (C=O) groups excluding carboxylic acids is 3. The summed E-state index contributed by atoms with van der Waals surface area (Å²) in [6.07, 6.45) is 11.2. The van der Waals surface area contributed by atoms with E-state index in [0.29, 0.717) is 51.5 Å². The number of thiazole rings is 1. The molecule has 5 N–H and O–H groups in total. The maximum Gasteiger partial charge on any atom is 0.330 e. The van der Waals surface area contributed by atoms with Gasteiger partial charge in [-0.1, -0.05) is 44.3 Å². The number of ether oxygens (including phenoxy) is 2. The number of nitrogens with zero attached hydrogens (tertiary/aromatic N) is 4. The third-order valence-corrected chi connectivity index (χ3v) is 17.7. The van der Waals surface area contributed by atoms with Gasteiger partial charge < -0.3 is 40.7 Å². The number of hydrogen-bond donors (Lipinski definition) is 5. The van der Waals surface area contributed by atoms with Crippen LogP contribution in [0.15, 0.2) is 58.1 Å². The Balaban J connectivity index is 1.00.